The maximum absolute atomic E-state index is 14.8. The van der Waals surface area contributed by atoms with Crippen molar-refractivity contribution in [2.75, 3.05) is 6.61 Å². The van der Waals surface area contributed by atoms with Gasteiger partial charge in [-0.3, -0.25) is 9.36 Å². The third-order valence-electron chi connectivity index (χ3n) is 3.74. The molecule has 1 unspecified atom stereocenters. The van der Waals surface area contributed by atoms with E-state index in [2.05, 4.69) is 4.99 Å². The van der Waals surface area contributed by atoms with Gasteiger partial charge in [-0.15, -0.1) is 0 Å². The highest BCUT2D eigenvalue weighted by Gasteiger charge is 2.24. The Morgan fingerprint density at radius 2 is 1.88 bits per heavy atom. The van der Waals surface area contributed by atoms with Gasteiger partial charge in [0.15, 0.2) is 4.80 Å². The minimum Gasteiger partial charge on any atom is -0.462 e. The van der Waals surface area contributed by atoms with Gasteiger partial charge in [0.25, 0.3) is 12.2 Å². The maximum Gasteiger partial charge on any atom is 0.362 e. The van der Waals surface area contributed by atoms with Crippen LogP contribution in [-0.4, -0.2) is 23.1 Å². The number of amides is 1. The molecule has 0 bridgehead atoms. The maximum atomic E-state index is 14.8. The van der Waals surface area contributed by atoms with Crippen LogP contribution in [0.4, 0.5) is 4.39 Å². The third kappa shape index (κ3) is 3.57. The van der Waals surface area contributed by atoms with Crippen LogP contribution in [0.3, 0.4) is 0 Å². The van der Waals surface area contributed by atoms with Crippen LogP contribution in [0.1, 0.15) is 29.1 Å². The number of carbonyl (C=O) groups excluding carboxylic acids is 2. The summed E-state index contributed by atoms with van der Waals surface area (Å²) in [6.45, 7) is 3.59. The Hall–Kier alpha value is -2.80. The first-order valence-electron chi connectivity index (χ1n) is 8.07. The van der Waals surface area contributed by atoms with Gasteiger partial charge in [-0.2, -0.15) is 4.99 Å². The smallest absolute Gasteiger partial charge is 0.362 e. The second kappa shape index (κ2) is 7.61. The standard InChI is InChI=1S/C19H17FN2O3S/c1-3-25-18(24)16(20)22-14-6-4-5-7-15(14)26-19(22)21-17(23)13-10-8-12(2)9-11-13/h4-11,16H,3H2,1-2H3. The van der Waals surface area contributed by atoms with E-state index in [0.717, 1.165) is 26.2 Å². The first-order chi connectivity index (χ1) is 12.5. The predicted octanol–water partition coefficient (Wildman–Crippen LogP) is 3.78. The molecule has 134 valence electrons. The van der Waals surface area contributed by atoms with Crippen LogP contribution in [0.2, 0.25) is 0 Å². The van der Waals surface area contributed by atoms with E-state index in [1.165, 1.54) is 0 Å². The summed E-state index contributed by atoms with van der Waals surface area (Å²) < 4.78 is 21.4. The first-order valence-corrected chi connectivity index (χ1v) is 8.89. The molecule has 1 heterocycles. The van der Waals surface area contributed by atoms with Gasteiger partial charge in [-0.1, -0.05) is 41.2 Å². The van der Waals surface area contributed by atoms with E-state index >= 15 is 0 Å². The summed E-state index contributed by atoms with van der Waals surface area (Å²) >= 11 is 1.14. The Kier molecular flexibility index (Phi) is 5.27. The van der Waals surface area contributed by atoms with Gasteiger partial charge in [0, 0.05) is 5.56 Å². The Morgan fingerprint density at radius 1 is 1.19 bits per heavy atom. The number of hydrogen-bond acceptors (Lipinski definition) is 4. The van der Waals surface area contributed by atoms with Crippen molar-refractivity contribution < 1.29 is 18.7 Å². The van der Waals surface area contributed by atoms with Gasteiger partial charge in [0.05, 0.1) is 16.8 Å². The molecule has 0 radical (unpaired) electrons. The van der Waals surface area contributed by atoms with Gasteiger partial charge in [0.2, 0.25) is 0 Å². The number of halogens is 1. The Morgan fingerprint density at radius 3 is 2.58 bits per heavy atom. The highest BCUT2D eigenvalue weighted by atomic mass is 32.1. The number of aryl methyl sites for hydroxylation is 1. The van der Waals surface area contributed by atoms with Crippen molar-refractivity contribution in [1.82, 2.24) is 4.57 Å². The summed E-state index contributed by atoms with van der Waals surface area (Å²) in [4.78, 5) is 28.5. The lowest BCUT2D eigenvalue weighted by atomic mass is 10.1. The largest absolute Gasteiger partial charge is 0.462 e. The molecule has 5 nitrogen and oxygen atoms in total. The molecule has 1 aromatic heterocycles. The number of nitrogens with zero attached hydrogens (tertiary/aromatic N) is 2. The Balaban J connectivity index is 2.12. The summed E-state index contributed by atoms with van der Waals surface area (Å²) in [6.07, 6.45) is -2.07. The van der Waals surface area contributed by atoms with Gasteiger partial charge in [0.1, 0.15) is 0 Å². The monoisotopic (exact) mass is 372 g/mol. The topological polar surface area (TPSA) is 60.7 Å². The van der Waals surface area contributed by atoms with E-state index in [0.29, 0.717) is 11.1 Å². The number of alkyl halides is 1. The summed E-state index contributed by atoms with van der Waals surface area (Å²) in [5.74, 6) is -1.51. The van der Waals surface area contributed by atoms with Crippen LogP contribution in [0, 0.1) is 6.92 Å². The fourth-order valence-corrected chi connectivity index (χ4v) is 3.48. The summed E-state index contributed by atoms with van der Waals surface area (Å²) in [7, 11) is 0. The van der Waals surface area contributed by atoms with Crippen molar-refractivity contribution in [3.8, 4) is 0 Å². The summed E-state index contributed by atoms with van der Waals surface area (Å²) in [6, 6.07) is 13.9. The number of thiazole rings is 1. The van der Waals surface area contributed by atoms with Crippen LogP contribution in [0.5, 0.6) is 0 Å². The lowest BCUT2D eigenvalue weighted by Gasteiger charge is -2.10. The van der Waals surface area contributed by atoms with Crippen molar-refractivity contribution in [3.05, 3.63) is 64.5 Å². The molecule has 0 spiro atoms. The molecule has 3 rings (SSSR count). The number of aromatic nitrogens is 1. The minimum absolute atomic E-state index is 0.0661. The van der Waals surface area contributed by atoms with Crippen molar-refractivity contribution >= 4 is 33.4 Å². The van der Waals surface area contributed by atoms with Gasteiger partial charge in [-0.05, 0) is 38.1 Å². The van der Waals surface area contributed by atoms with Crippen LogP contribution >= 0.6 is 11.3 Å². The average Bonchev–Trinajstić information content (AvgIpc) is 2.99. The summed E-state index contributed by atoms with van der Waals surface area (Å²) in [5, 5.41) is 0. The zero-order valence-electron chi connectivity index (χ0n) is 14.3. The normalized spacial score (nSPS) is 13.0. The molecular weight excluding hydrogens is 355 g/mol. The highest BCUT2D eigenvalue weighted by Crippen LogP contribution is 2.22. The zero-order valence-corrected chi connectivity index (χ0v) is 15.1. The molecule has 26 heavy (non-hydrogen) atoms. The molecule has 0 fully saturated rings. The number of ether oxygens (including phenoxy) is 1. The van der Waals surface area contributed by atoms with Gasteiger partial charge in [-0.25, -0.2) is 9.18 Å². The molecule has 0 aliphatic carbocycles. The molecule has 0 saturated carbocycles. The van der Waals surface area contributed by atoms with Crippen molar-refractivity contribution in [2.45, 2.75) is 20.1 Å². The molecule has 0 aliphatic heterocycles. The fraction of sp³-hybridized carbons (Fsp3) is 0.211. The predicted molar refractivity (Wildman–Crippen MR) is 97.7 cm³/mol. The van der Waals surface area contributed by atoms with Crippen molar-refractivity contribution in [3.63, 3.8) is 0 Å². The van der Waals surface area contributed by atoms with E-state index in [-0.39, 0.29) is 11.4 Å². The number of carbonyl (C=O) groups is 2. The summed E-state index contributed by atoms with van der Waals surface area (Å²) in [5.41, 5.74) is 1.89. The van der Waals surface area contributed by atoms with Crippen molar-refractivity contribution in [1.29, 1.82) is 0 Å². The van der Waals surface area contributed by atoms with E-state index in [9.17, 15) is 14.0 Å². The number of hydrogen-bond donors (Lipinski definition) is 0. The van der Waals surface area contributed by atoms with Crippen molar-refractivity contribution in [2.24, 2.45) is 4.99 Å². The highest BCUT2D eigenvalue weighted by molar-refractivity contribution is 7.16. The number of benzene rings is 2. The van der Waals surface area contributed by atoms with Crippen LogP contribution in [0.25, 0.3) is 10.2 Å². The van der Waals surface area contributed by atoms with Crippen LogP contribution in [0.15, 0.2) is 53.5 Å². The zero-order chi connectivity index (χ0) is 18.7. The number of para-hydroxylation sites is 1. The fourth-order valence-electron chi connectivity index (χ4n) is 2.45. The Labute approximate surface area is 153 Å². The number of rotatable bonds is 4. The second-order valence-electron chi connectivity index (χ2n) is 5.59. The lowest BCUT2D eigenvalue weighted by molar-refractivity contribution is -0.152. The molecular formula is C19H17FN2O3S. The van der Waals surface area contributed by atoms with Gasteiger partial charge >= 0.3 is 5.97 Å². The van der Waals surface area contributed by atoms with Gasteiger partial charge < -0.3 is 4.74 Å². The first kappa shape index (κ1) is 18.0. The molecule has 2 aromatic carbocycles. The number of esters is 1. The van der Waals surface area contributed by atoms with E-state index < -0.39 is 18.2 Å². The average molecular weight is 372 g/mol. The number of fused-ring (bicyclic) bond motifs is 1. The van der Waals surface area contributed by atoms with E-state index in [1.807, 2.05) is 6.92 Å². The lowest BCUT2D eigenvalue weighted by Crippen LogP contribution is -2.26. The van der Waals surface area contributed by atoms with E-state index in [1.54, 1.807) is 55.5 Å². The molecule has 0 aliphatic rings. The minimum atomic E-state index is -2.07. The second-order valence-corrected chi connectivity index (χ2v) is 6.60. The molecule has 7 heteroatoms. The van der Waals surface area contributed by atoms with Crippen LogP contribution < -0.4 is 4.80 Å². The quantitative estimate of drug-likeness (QED) is 0.655. The van der Waals surface area contributed by atoms with Crippen LogP contribution in [-0.2, 0) is 9.53 Å². The molecule has 1 atom stereocenters. The molecule has 0 N–H and O–H groups in total. The molecule has 0 saturated heterocycles. The van der Waals surface area contributed by atoms with E-state index in [4.69, 9.17) is 4.74 Å². The SMILES string of the molecule is CCOC(=O)C(F)n1c(=NC(=O)c2ccc(C)cc2)sc2ccccc21. The Bertz CT molecular complexity index is 1020. The molecule has 1 amide bonds. The third-order valence-corrected chi connectivity index (χ3v) is 4.77. The molecule has 3 aromatic rings.